The van der Waals surface area contributed by atoms with Crippen molar-refractivity contribution in [1.29, 1.82) is 0 Å². The summed E-state index contributed by atoms with van der Waals surface area (Å²) in [6.45, 7) is 2.77. The van der Waals surface area contributed by atoms with Gasteiger partial charge in [0, 0.05) is 18.8 Å². The number of rotatable bonds is 5. The largest absolute Gasteiger partial charge is 0.343 e. The molecule has 0 amide bonds. The Morgan fingerprint density at radius 3 is 2.60 bits per heavy atom. The van der Waals surface area contributed by atoms with Gasteiger partial charge in [0.2, 0.25) is 5.78 Å². The number of halogens is 1. The molecule has 0 fully saturated rings. The second-order valence-corrected chi connectivity index (χ2v) is 5.17. The number of hydrogen-bond donors (Lipinski definition) is 0. The van der Waals surface area contributed by atoms with Gasteiger partial charge in [-0.15, -0.1) is 0 Å². The number of benzene rings is 1. The zero-order valence-corrected chi connectivity index (χ0v) is 12.0. The minimum absolute atomic E-state index is 0.116. The molecule has 1 heterocycles. The minimum Gasteiger partial charge on any atom is -0.343 e. The van der Waals surface area contributed by atoms with Gasteiger partial charge in [-0.1, -0.05) is 12.1 Å². The molecular weight excluding hydrogens is 255 g/mol. The Morgan fingerprint density at radius 1 is 1.25 bits per heavy atom. The van der Waals surface area contributed by atoms with E-state index in [1.165, 1.54) is 12.1 Å². The van der Waals surface area contributed by atoms with Crippen LogP contribution in [0, 0.1) is 5.82 Å². The fraction of sp³-hybridized carbons (Fsp3) is 0.312. The number of nitrogens with zero attached hydrogens (tertiary/aromatic N) is 2. The molecule has 0 saturated carbocycles. The van der Waals surface area contributed by atoms with Crippen molar-refractivity contribution in [3.05, 3.63) is 59.7 Å². The molecule has 20 heavy (non-hydrogen) atoms. The van der Waals surface area contributed by atoms with Gasteiger partial charge in [-0.05, 0) is 45.3 Å². The van der Waals surface area contributed by atoms with Gasteiger partial charge >= 0.3 is 0 Å². The van der Waals surface area contributed by atoms with Gasteiger partial charge in [-0.3, -0.25) is 4.79 Å². The van der Waals surface area contributed by atoms with Gasteiger partial charge in [0.25, 0.3) is 0 Å². The van der Waals surface area contributed by atoms with E-state index < -0.39 is 5.82 Å². The molecule has 1 unspecified atom stereocenters. The molecule has 0 spiro atoms. The average molecular weight is 274 g/mol. The maximum absolute atomic E-state index is 13.7. The number of hydrogen-bond acceptors (Lipinski definition) is 2. The third-order valence-electron chi connectivity index (χ3n) is 3.52. The summed E-state index contributed by atoms with van der Waals surface area (Å²) >= 11 is 0. The zero-order chi connectivity index (χ0) is 14.7. The van der Waals surface area contributed by atoms with Gasteiger partial charge in [-0.2, -0.15) is 0 Å². The molecule has 1 aromatic heterocycles. The highest BCUT2D eigenvalue weighted by atomic mass is 19.1. The lowest BCUT2D eigenvalue weighted by atomic mass is 10.1. The molecule has 0 aliphatic rings. The van der Waals surface area contributed by atoms with E-state index in [1.807, 2.05) is 30.9 Å². The van der Waals surface area contributed by atoms with Gasteiger partial charge in [0.15, 0.2) is 0 Å². The van der Waals surface area contributed by atoms with Crippen LogP contribution < -0.4 is 0 Å². The molecule has 1 aromatic carbocycles. The highest BCUT2D eigenvalue weighted by Crippen LogP contribution is 2.15. The van der Waals surface area contributed by atoms with Crippen LogP contribution in [0.1, 0.15) is 23.0 Å². The average Bonchev–Trinajstić information content (AvgIpc) is 2.86. The van der Waals surface area contributed by atoms with E-state index in [0.29, 0.717) is 12.2 Å². The predicted octanol–water partition coefficient (Wildman–Crippen LogP) is 2.81. The first-order valence-corrected chi connectivity index (χ1v) is 6.61. The smallest absolute Gasteiger partial charge is 0.212 e. The summed E-state index contributed by atoms with van der Waals surface area (Å²) in [6, 6.07) is 9.92. The molecule has 4 heteroatoms. The summed E-state index contributed by atoms with van der Waals surface area (Å²) in [5.41, 5.74) is 0.633. The first-order chi connectivity index (χ1) is 9.50. The summed E-state index contributed by atoms with van der Waals surface area (Å²) in [6.07, 6.45) is 1.86. The maximum Gasteiger partial charge on any atom is 0.212 e. The summed E-state index contributed by atoms with van der Waals surface area (Å²) in [5, 5.41) is 0. The Kier molecular flexibility index (Phi) is 4.35. The van der Waals surface area contributed by atoms with Crippen molar-refractivity contribution in [2.45, 2.75) is 19.5 Å². The van der Waals surface area contributed by atoms with Crippen LogP contribution in [-0.4, -0.2) is 35.4 Å². The van der Waals surface area contributed by atoms with Crippen LogP contribution in [-0.2, 0) is 6.54 Å². The Morgan fingerprint density at radius 2 is 1.95 bits per heavy atom. The minimum atomic E-state index is -0.481. The third-order valence-corrected chi connectivity index (χ3v) is 3.52. The van der Waals surface area contributed by atoms with Crippen LogP contribution in [0.5, 0.6) is 0 Å². The highest BCUT2D eigenvalue weighted by Gasteiger charge is 2.18. The fourth-order valence-electron chi connectivity index (χ4n) is 2.01. The zero-order valence-electron chi connectivity index (χ0n) is 12.0. The van der Waals surface area contributed by atoms with E-state index >= 15 is 0 Å². The Balaban J connectivity index is 2.28. The van der Waals surface area contributed by atoms with Gasteiger partial charge in [0.05, 0.1) is 11.3 Å². The van der Waals surface area contributed by atoms with Crippen molar-refractivity contribution >= 4 is 5.78 Å². The summed E-state index contributed by atoms with van der Waals surface area (Å²) in [7, 11) is 3.99. The SMILES string of the molecule is CC(Cn1cccc1C(=O)c1ccccc1F)N(C)C. The lowest BCUT2D eigenvalue weighted by Gasteiger charge is -2.21. The number of carbonyl (C=O) groups excluding carboxylic acids is 1. The van der Waals surface area contributed by atoms with Crippen LogP contribution in [0.25, 0.3) is 0 Å². The Bertz CT molecular complexity index is 604. The number of likely N-dealkylation sites (N-methyl/N-ethyl adjacent to an activating group) is 1. The van der Waals surface area contributed by atoms with Crippen molar-refractivity contribution in [2.24, 2.45) is 0 Å². The molecule has 0 aliphatic carbocycles. The lowest BCUT2D eigenvalue weighted by Crippen LogP contribution is -2.30. The van der Waals surface area contributed by atoms with E-state index in [1.54, 1.807) is 18.2 Å². The van der Waals surface area contributed by atoms with Crippen LogP contribution in [0.4, 0.5) is 4.39 Å². The van der Waals surface area contributed by atoms with Crippen molar-refractivity contribution in [3.63, 3.8) is 0 Å². The lowest BCUT2D eigenvalue weighted by molar-refractivity contribution is 0.102. The second-order valence-electron chi connectivity index (χ2n) is 5.17. The summed E-state index contributed by atoms with van der Waals surface area (Å²) < 4.78 is 15.6. The first kappa shape index (κ1) is 14.5. The quantitative estimate of drug-likeness (QED) is 0.783. The van der Waals surface area contributed by atoms with Gasteiger partial charge < -0.3 is 9.47 Å². The molecule has 106 valence electrons. The van der Waals surface area contributed by atoms with Crippen molar-refractivity contribution in [1.82, 2.24) is 9.47 Å². The van der Waals surface area contributed by atoms with E-state index in [2.05, 4.69) is 11.8 Å². The monoisotopic (exact) mass is 274 g/mol. The molecule has 0 bridgehead atoms. The topological polar surface area (TPSA) is 25.2 Å². The molecule has 0 aliphatic heterocycles. The van der Waals surface area contributed by atoms with Gasteiger partial charge in [-0.25, -0.2) is 4.39 Å². The standard InChI is InChI=1S/C16H19FN2O/c1-12(18(2)3)11-19-10-6-9-15(19)16(20)13-7-4-5-8-14(13)17/h4-10,12H,11H2,1-3H3. The molecule has 2 aromatic rings. The van der Waals surface area contributed by atoms with Gasteiger partial charge in [0.1, 0.15) is 5.82 Å². The number of aromatic nitrogens is 1. The summed E-state index contributed by atoms with van der Waals surface area (Å²) in [5.74, 6) is -0.759. The number of ketones is 1. The van der Waals surface area contributed by atoms with Crippen LogP contribution in [0.15, 0.2) is 42.6 Å². The Labute approximate surface area is 118 Å². The second kappa shape index (κ2) is 6.01. The molecule has 3 nitrogen and oxygen atoms in total. The molecule has 1 atom stereocenters. The number of carbonyl (C=O) groups is 1. The molecule has 0 radical (unpaired) electrons. The van der Waals surface area contributed by atoms with Crippen LogP contribution in [0.2, 0.25) is 0 Å². The third kappa shape index (κ3) is 2.96. The van der Waals surface area contributed by atoms with E-state index in [9.17, 15) is 9.18 Å². The van der Waals surface area contributed by atoms with Crippen molar-refractivity contribution < 1.29 is 9.18 Å². The fourth-order valence-corrected chi connectivity index (χ4v) is 2.01. The normalized spacial score (nSPS) is 12.7. The Hall–Kier alpha value is -1.94. The van der Waals surface area contributed by atoms with E-state index in [0.717, 1.165) is 0 Å². The van der Waals surface area contributed by atoms with Crippen LogP contribution in [0.3, 0.4) is 0 Å². The highest BCUT2D eigenvalue weighted by molar-refractivity contribution is 6.08. The van der Waals surface area contributed by atoms with Crippen LogP contribution >= 0.6 is 0 Å². The molecular formula is C16H19FN2O. The summed E-state index contributed by atoms with van der Waals surface area (Å²) in [4.78, 5) is 14.5. The predicted molar refractivity (Wildman–Crippen MR) is 77.4 cm³/mol. The molecule has 2 rings (SSSR count). The molecule has 0 saturated heterocycles. The van der Waals surface area contributed by atoms with E-state index in [4.69, 9.17) is 0 Å². The van der Waals surface area contributed by atoms with E-state index in [-0.39, 0.29) is 17.4 Å². The maximum atomic E-state index is 13.7. The van der Waals surface area contributed by atoms with Crippen molar-refractivity contribution in [3.8, 4) is 0 Å². The first-order valence-electron chi connectivity index (χ1n) is 6.61. The molecule has 0 N–H and O–H groups in total. The van der Waals surface area contributed by atoms with Crippen molar-refractivity contribution in [2.75, 3.05) is 14.1 Å².